The van der Waals surface area contributed by atoms with Crippen molar-refractivity contribution in [1.82, 2.24) is 0 Å². The fourth-order valence-electron chi connectivity index (χ4n) is 2.52. The summed E-state index contributed by atoms with van der Waals surface area (Å²) in [6.45, 7) is 2.01. The number of aryl methyl sites for hydroxylation is 1. The molecule has 0 bridgehead atoms. The van der Waals surface area contributed by atoms with Crippen molar-refractivity contribution >= 4 is 43.0 Å². The van der Waals surface area contributed by atoms with Crippen molar-refractivity contribution in [3.8, 4) is 27.3 Å². The minimum absolute atomic E-state index is 0.0909. The minimum atomic E-state index is -4.41. The Labute approximate surface area is 158 Å². The molecule has 0 saturated heterocycles. The molecule has 0 radical (unpaired) electrons. The van der Waals surface area contributed by atoms with Gasteiger partial charge in [0.25, 0.3) is 10.1 Å². The Kier molecular flexibility index (Phi) is 5.08. The maximum atomic E-state index is 11.7. The SMILES string of the molecule is COc1ccc(-c2c(-c3cccc(C)c3)ssc2=S)cc1S(=O)(=O)O. The van der Waals surface area contributed by atoms with Gasteiger partial charge in [0.1, 0.15) is 14.5 Å². The standard InChI is InChI=1S/C17H14O4S4/c1-10-4-3-5-12(8-10)16-15(17(22)24-23-16)11-6-7-13(21-2)14(9-11)25(18,19)20/h3-9H,1-2H3,(H,18,19,20). The number of methoxy groups -OCH3 is 1. The van der Waals surface area contributed by atoms with E-state index in [1.54, 1.807) is 16.4 Å². The number of hydrogen-bond donors (Lipinski definition) is 1. The van der Waals surface area contributed by atoms with E-state index < -0.39 is 10.1 Å². The number of benzene rings is 2. The summed E-state index contributed by atoms with van der Waals surface area (Å²) in [6.07, 6.45) is 0. The molecule has 8 heteroatoms. The molecular formula is C17H14O4S4. The van der Waals surface area contributed by atoms with Crippen LogP contribution < -0.4 is 4.74 Å². The highest BCUT2D eigenvalue weighted by molar-refractivity contribution is 7.86. The van der Waals surface area contributed by atoms with Crippen molar-refractivity contribution in [2.75, 3.05) is 7.11 Å². The summed E-state index contributed by atoms with van der Waals surface area (Å²) >= 11 is 5.47. The van der Waals surface area contributed by atoms with E-state index in [-0.39, 0.29) is 10.6 Å². The van der Waals surface area contributed by atoms with Crippen LogP contribution in [0.5, 0.6) is 5.75 Å². The van der Waals surface area contributed by atoms with Crippen molar-refractivity contribution in [1.29, 1.82) is 0 Å². The van der Waals surface area contributed by atoms with Crippen LogP contribution in [0.1, 0.15) is 5.56 Å². The van der Waals surface area contributed by atoms with E-state index in [0.29, 0.717) is 9.39 Å². The molecule has 0 fully saturated rings. The highest BCUT2D eigenvalue weighted by Crippen LogP contribution is 2.42. The summed E-state index contributed by atoms with van der Waals surface area (Å²) in [6, 6.07) is 12.7. The zero-order valence-electron chi connectivity index (χ0n) is 13.3. The molecule has 0 unspecified atom stereocenters. The molecule has 0 aliphatic heterocycles. The molecule has 3 aromatic rings. The fraction of sp³-hybridized carbons (Fsp3) is 0.118. The average Bonchev–Trinajstić information content (AvgIpc) is 2.95. The lowest BCUT2D eigenvalue weighted by molar-refractivity contribution is 0.397. The molecule has 1 heterocycles. The summed E-state index contributed by atoms with van der Waals surface area (Å²) in [5, 5.41) is 0. The van der Waals surface area contributed by atoms with Crippen LogP contribution in [0.4, 0.5) is 0 Å². The molecule has 0 amide bonds. The second-order valence-corrected chi connectivity index (χ2v) is 9.57. The van der Waals surface area contributed by atoms with Gasteiger partial charge in [0.05, 0.1) is 12.0 Å². The van der Waals surface area contributed by atoms with Crippen LogP contribution in [0.2, 0.25) is 0 Å². The smallest absolute Gasteiger partial charge is 0.298 e. The summed E-state index contributed by atoms with van der Waals surface area (Å²) in [5.41, 5.74) is 3.58. The maximum absolute atomic E-state index is 11.7. The maximum Gasteiger partial charge on any atom is 0.298 e. The van der Waals surface area contributed by atoms with Gasteiger partial charge in [0, 0.05) is 5.56 Å². The first-order chi connectivity index (χ1) is 11.8. The van der Waals surface area contributed by atoms with E-state index in [0.717, 1.165) is 21.6 Å². The Morgan fingerprint density at radius 3 is 2.48 bits per heavy atom. The Bertz CT molecular complexity index is 1090. The van der Waals surface area contributed by atoms with Crippen molar-refractivity contribution in [2.45, 2.75) is 11.8 Å². The third kappa shape index (κ3) is 3.68. The predicted octanol–water partition coefficient (Wildman–Crippen LogP) is 5.44. The van der Waals surface area contributed by atoms with Crippen molar-refractivity contribution in [2.24, 2.45) is 0 Å². The summed E-state index contributed by atoms with van der Waals surface area (Å²) in [5.74, 6) is 0.0909. The Morgan fingerprint density at radius 2 is 1.84 bits per heavy atom. The topological polar surface area (TPSA) is 63.6 Å². The molecule has 1 N–H and O–H groups in total. The lowest BCUT2D eigenvalue weighted by Gasteiger charge is -2.09. The third-order valence-electron chi connectivity index (χ3n) is 3.64. The van der Waals surface area contributed by atoms with Gasteiger partial charge < -0.3 is 4.74 Å². The zero-order chi connectivity index (χ0) is 18.2. The monoisotopic (exact) mass is 410 g/mol. The summed E-state index contributed by atoms with van der Waals surface area (Å²) in [4.78, 5) is 0.707. The highest BCUT2D eigenvalue weighted by atomic mass is 32.9. The van der Waals surface area contributed by atoms with Gasteiger partial charge in [0.15, 0.2) is 0 Å². The van der Waals surface area contributed by atoms with E-state index in [4.69, 9.17) is 17.0 Å². The Morgan fingerprint density at radius 1 is 1.08 bits per heavy atom. The number of rotatable bonds is 4. The molecule has 0 saturated carbocycles. The molecular weight excluding hydrogens is 396 g/mol. The average molecular weight is 411 g/mol. The number of hydrogen-bond acceptors (Lipinski definition) is 6. The summed E-state index contributed by atoms with van der Waals surface area (Å²) < 4.78 is 38.6. The van der Waals surface area contributed by atoms with Crippen LogP contribution in [-0.4, -0.2) is 20.1 Å². The normalized spacial score (nSPS) is 11.5. The molecule has 3 rings (SSSR count). The number of ether oxygens (including phenoxy) is 1. The van der Waals surface area contributed by atoms with Crippen molar-refractivity contribution in [3.05, 3.63) is 51.9 Å². The molecule has 4 nitrogen and oxygen atoms in total. The van der Waals surface area contributed by atoms with E-state index >= 15 is 0 Å². The van der Waals surface area contributed by atoms with Gasteiger partial charge >= 0.3 is 0 Å². The molecule has 0 atom stereocenters. The Balaban J connectivity index is 2.25. The van der Waals surface area contributed by atoms with Crippen LogP contribution in [0.15, 0.2) is 47.4 Å². The van der Waals surface area contributed by atoms with Gasteiger partial charge in [-0.1, -0.05) is 68.8 Å². The molecule has 130 valence electrons. The van der Waals surface area contributed by atoms with Crippen LogP contribution in [-0.2, 0) is 10.1 Å². The molecule has 2 aromatic carbocycles. The zero-order valence-corrected chi connectivity index (χ0v) is 16.6. The highest BCUT2D eigenvalue weighted by Gasteiger charge is 2.20. The van der Waals surface area contributed by atoms with E-state index in [2.05, 4.69) is 6.07 Å². The first-order valence-electron chi connectivity index (χ1n) is 7.17. The van der Waals surface area contributed by atoms with Gasteiger partial charge in [0.2, 0.25) is 0 Å². The summed E-state index contributed by atoms with van der Waals surface area (Å²) in [7, 11) is -0.0407. The van der Waals surface area contributed by atoms with Gasteiger partial charge in [-0.3, -0.25) is 4.55 Å². The molecule has 0 spiro atoms. The van der Waals surface area contributed by atoms with Gasteiger partial charge in [-0.25, -0.2) is 0 Å². The van der Waals surface area contributed by atoms with E-state index in [1.807, 2.05) is 25.1 Å². The largest absolute Gasteiger partial charge is 0.495 e. The predicted molar refractivity (Wildman–Crippen MR) is 105 cm³/mol. The van der Waals surface area contributed by atoms with E-state index in [1.165, 1.54) is 29.6 Å². The molecule has 0 aliphatic carbocycles. The van der Waals surface area contributed by atoms with Crippen LogP contribution >= 0.6 is 32.9 Å². The van der Waals surface area contributed by atoms with Crippen molar-refractivity contribution < 1.29 is 17.7 Å². The quantitative estimate of drug-likeness (QED) is 0.353. The van der Waals surface area contributed by atoms with Crippen molar-refractivity contribution in [3.63, 3.8) is 0 Å². The van der Waals surface area contributed by atoms with Gasteiger partial charge in [-0.15, -0.1) is 0 Å². The van der Waals surface area contributed by atoms with Gasteiger partial charge in [-0.2, -0.15) is 8.42 Å². The molecule has 1 aromatic heterocycles. The molecule has 25 heavy (non-hydrogen) atoms. The van der Waals surface area contributed by atoms with Crippen LogP contribution in [0, 0.1) is 10.7 Å². The van der Waals surface area contributed by atoms with Crippen LogP contribution in [0.25, 0.3) is 21.6 Å². The second kappa shape index (κ2) is 6.97. The molecule has 0 aliphatic rings. The lowest BCUT2D eigenvalue weighted by atomic mass is 10.0. The Hall–Kier alpha value is -1.58. The lowest BCUT2D eigenvalue weighted by Crippen LogP contribution is -2.01. The van der Waals surface area contributed by atoms with Crippen LogP contribution in [0.3, 0.4) is 0 Å². The van der Waals surface area contributed by atoms with Gasteiger partial charge in [-0.05, 0) is 30.2 Å². The minimum Gasteiger partial charge on any atom is -0.495 e. The van der Waals surface area contributed by atoms with E-state index in [9.17, 15) is 13.0 Å². The second-order valence-electron chi connectivity index (χ2n) is 5.37. The third-order valence-corrected chi connectivity index (χ3v) is 7.58. The first-order valence-corrected chi connectivity index (χ1v) is 11.2. The first kappa shape index (κ1) is 18.2. The fourth-order valence-corrected chi connectivity index (χ4v) is 6.11.